The molecule has 1 atom stereocenters. The Bertz CT molecular complexity index is 878. The zero-order valence-corrected chi connectivity index (χ0v) is 16.4. The largest absolute Gasteiger partial charge is 0.352 e. The van der Waals surface area contributed by atoms with Crippen LogP contribution in [-0.4, -0.2) is 32.0 Å². The monoisotopic (exact) mass is 365 g/mol. The average Bonchev–Trinajstić information content (AvgIpc) is 3.30. The quantitative estimate of drug-likeness (QED) is 0.696. The SMILES string of the molecule is Cc1ccc(-n2ncc(C(=O)NCC(C)Cn3cccn3)c2C(C)C)cc1. The molecule has 1 amide bonds. The highest BCUT2D eigenvalue weighted by Crippen LogP contribution is 2.23. The van der Waals surface area contributed by atoms with Crippen molar-refractivity contribution in [1.29, 1.82) is 0 Å². The number of carbonyl (C=O) groups is 1. The summed E-state index contributed by atoms with van der Waals surface area (Å²) in [5.41, 5.74) is 3.73. The van der Waals surface area contributed by atoms with Crippen LogP contribution in [0, 0.1) is 12.8 Å². The predicted molar refractivity (Wildman–Crippen MR) is 106 cm³/mol. The summed E-state index contributed by atoms with van der Waals surface area (Å²) in [6.45, 7) is 9.68. The molecule has 0 aliphatic heterocycles. The molecule has 3 rings (SSSR count). The number of aryl methyl sites for hydroxylation is 1. The summed E-state index contributed by atoms with van der Waals surface area (Å²) in [5, 5.41) is 11.7. The number of nitrogens with zero attached hydrogens (tertiary/aromatic N) is 4. The lowest BCUT2D eigenvalue weighted by Crippen LogP contribution is -2.30. The number of nitrogens with one attached hydrogen (secondary N) is 1. The second-order valence-corrected chi connectivity index (χ2v) is 7.39. The van der Waals surface area contributed by atoms with E-state index < -0.39 is 0 Å². The molecule has 1 aromatic carbocycles. The van der Waals surface area contributed by atoms with Crippen LogP contribution in [0.25, 0.3) is 5.69 Å². The number of hydrogen-bond donors (Lipinski definition) is 1. The van der Waals surface area contributed by atoms with Crippen molar-refractivity contribution in [3.05, 3.63) is 65.7 Å². The Kier molecular flexibility index (Phi) is 5.74. The molecule has 6 heteroatoms. The van der Waals surface area contributed by atoms with Crippen LogP contribution < -0.4 is 5.32 Å². The lowest BCUT2D eigenvalue weighted by molar-refractivity contribution is 0.0945. The molecule has 0 aliphatic rings. The predicted octanol–water partition coefficient (Wildman–Crippen LogP) is 3.57. The van der Waals surface area contributed by atoms with Gasteiger partial charge in [0.05, 0.1) is 23.1 Å². The van der Waals surface area contributed by atoms with Gasteiger partial charge in [0.25, 0.3) is 5.91 Å². The molecule has 0 spiro atoms. The fraction of sp³-hybridized carbons (Fsp3) is 0.381. The summed E-state index contributed by atoms with van der Waals surface area (Å²) in [7, 11) is 0. The fourth-order valence-corrected chi connectivity index (χ4v) is 3.13. The Labute approximate surface area is 160 Å². The molecule has 0 saturated carbocycles. The summed E-state index contributed by atoms with van der Waals surface area (Å²) >= 11 is 0. The highest BCUT2D eigenvalue weighted by molar-refractivity contribution is 5.95. The molecule has 2 aromatic heterocycles. The van der Waals surface area contributed by atoms with Crippen LogP contribution in [0.4, 0.5) is 0 Å². The molecule has 27 heavy (non-hydrogen) atoms. The Morgan fingerprint density at radius 2 is 1.89 bits per heavy atom. The van der Waals surface area contributed by atoms with Crippen LogP contribution >= 0.6 is 0 Å². The van der Waals surface area contributed by atoms with Crippen LogP contribution in [0.5, 0.6) is 0 Å². The molecule has 142 valence electrons. The number of aromatic nitrogens is 4. The Hall–Kier alpha value is -2.89. The van der Waals surface area contributed by atoms with Gasteiger partial charge in [-0.25, -0.2) is 4.68 Å². The first-order chi connectivity index (χ1) is 13.0. The maximum Gasteiger partial charge on any atom is 0.254 e. The van der Waals surface area contributed by atoms with Gasteiger partial charge >= 0.3 is 0 Å². The van der Waals surface area contributed by atoms with E-state index in [0.29, 0.717) is 12.1 Å². The summed E-state index contributed by atoms with van der Waals surface area (Å²) in [4.78, 5) is 12.8. The van der Waals surface area contributed by atoms with E-state index in [-0.39, 0.29) is 17.7 Å². The van der Waals surface area contributed by atoms with Crippen molar-refractivity contribution in [3.8, 4) is 5.69 Å². The Morgan fingerprint density at radius 3 is 2.52 bits per heavy atom. The second kappa shape index (κ2) is 8.20. The maximum absolute atomic E-state index is 12.8. The lowest BCUT2D eigenvalue weighted by Gasteiger charge is -2.15. The summed E-state index contributed by atoms with van der Waals surface area (Å²) in [6, 6.07) is 10.1. The molecule has 1 unspecified atom stereocenters. The maximum atomic E-state index is 12.8. The van der Waals surface area contributed by atoms with Crippen molar-refractivity contribution in [1.82, 2.24) is 24.9 Å². The second-order valence-electron chi connectivity index (χ2n) is 7.39. The van der Waals surface area contributed by atoms with Gasteiger partial charge in [0.2, 0.25) is 0 Å². The molecular formula is C21H27N5O. The molecule has 2 heterocycles. The van der Waals surface area contributed by atoms with E-state index in [4.69, 9.17) is 0 Å². The van der Waals surface area contributed by atoms with Gasteiger partial charge in [0.1, 0.15) is 0 Å². The lowest BCUT2D eigenvalue weighted by atomic mass is 10.0. The van der Waals surface area contributed by atoms with Gasteiger partial charge in [-0.3, -0.25) is 9.48 Å². The first kappa shape index (κ1) is 18.9. The van der Waals surface area contributed by atoms with Crippen LogP contribution in [0.3, 0.4) is 0 Å². The van der Waals surface area contributed by atoms with Crippen molar-refractivity contribution in [3.63, 3.8) is 0 Å². The molecule has 6 nitrogen and oxygen atoms in total. The van der Waals surface area contributed by atoms with Crippen molar-refractivity contribution in [2.24, 2.45) is 5.92 Å². The number of rotatable bonds is 7. The van der Waals surface area contributed by atoms with Crippen LogP contribution in [0.15, 0.2) is 48.9 Å². The van der Waals surface area contributed by atoms with E-state index >= 15 is 0 Å². The normalized spacial score (nSPS) is 12.3. The summed E-state index contributed by atoms with van der Waals surface area (Å²) < 4.78 is 3.75. The van der Waals surface area contributed by atoms with Crippen LogP contribution in [-0.2, 0) is 6.54 Å². The van der Waals surface area contributed by atoms with Crippen molar-refractivity contribution in [2.75, 3.05) is 6.54 Å². The van der Waals surface area contributed by atoms with Crippen molar-refractivity contribution in [2.45, 2.75) is 40.2 Å². The van der Waals surface area contributed by atoms with E-state index in [1.54, 1.807) is 12.4 Å². The van der Waals surface area contributed by atoms with Crippen LogP contribution in [0.1, 0.15) is 48.3 Å². The van der Waals surface area contributed by atoms with E-state index in [2.05, 4.69) is 55.3 Å². The zero-order chi connectivity index (χ0) is 19.4. The highest BCUT2D eigenvalue weighted by Gasteiger charge is 2.21. The van der Waals surface area contributed by atoms with Crippen molar-refractivity contribution < 1.29 is 4.79 Å². The Balaban J connectivity index is 1.73. The first-order valence-corrected chi connectivity index (χ1v) is 9.36. The zero-order valence-electron chi connectivity index (χ0n) is 16.4. The van der Waals surface area contributed by atoms with Gasteiger partial charge < -0.3 is 5.32 Å². The van der Waals surface area contributed by atoms with E-state index in [0.717, 1.165) is 17.9 Å². The minimum Gasteiger partial charge on any atom is -0.352 e. The highest BCUT2D eigenvalue weighted by atomic mass is 16.1. The molecule has 1 N–H and O–H groups in total. The molecule has 0 fully saturated rings. The van der Waals surface area contributed by atoms with Crippen molar-refractivity contribution >= 4 is 5.91 Å². The van der Waals surface area contributed by atoms with Gasteiger partial charge in [-0.15, -0.1) is 0 Å². The van der Waals surface area contributed by atoms with Gasteiger partial charge in [0.15, 0.2) is 0 Å². The standard InChI is InChI=1S/C21H27N5O/c1-15(2)20-19(13-24-26(20)18-8-6-16(3)7-9-18)21(27)22-12-17(4)14-25-11-5-10-23-25/h5-11,13,15,17H,12,14H2,1-4H3,(H,22,27). The number of carbonyl (C=O) groups excluding carboxylic acids is 1. The third-order valence-corrected chi connectivity index (χ3v) is 4.55. The number of benzene rings is 1. The smallest absolute Gasteiger partial charge is 0.254 e. The minimum atomic E-state index is -0.0793. The third kappa shape index (κ3) is 4.45. The molecule has 0 saturated heterocycles. The van der Waals surface area contributed by atoms with E-state index in [9.17, 15) is 4.79 Å². The number of amides is 1. The number of hydrogen-bond acceptors (Lipinski definition) is 3. The van der Waals surface area contributed by atoms with Gasteiger partial charge in [-0.1, -0.05) is 38.5 Å². The first-order valence-electron chi connectivity index (χ1n) is 9.36. The van der Waals surface area contributed by atoms with E-state index in [1.807, 2.05) is 33.8 Å². The topological polar surface area (TPSA) is 64.7 Å². The van der Waals surface area contributed by atoms with Gasteiger partial charge in [-0.2, -0.15) is 10.2 Å². The molecular weight excluding hydrogens is 338 g/mol. The minimum absolute atomic E-state index is 0.0793. The van der Waals surface area contributed by atoms with Gasteiger partial charge in [0, 0.05) is 25.5 Å². The Morgan fingerprint density at radius 1 is 1.15 bits per heavy atom. The molecule has 3 aromatic rings. The summed E-state index contributed by atoms with van der Waals surface area (Å²) in [5.74, 6) is 0.379. The third-order valence-electron chi connectivity index (χ3n) is 4.55. The molecule has 0 radical (unpaired) electrons. The van der Waals surface area contributed by atoms with Crippen LogP contribution in [0.2, 0.25) is 0 Å². The molecule has 0 bridgehead atoms. The fourth-order valence-electron chi connectivity index (χ4n) is 3.13. The van der Waals surface area contributed by atoms with Gasteiger partial charge in [-0.05, 0) is 37.0 Å². The van der Waals surface area contributed by atoms with E-state index in [1.165, 1.54) is 5.56 Å². The molecule has 0 aliphatic carbocycles. The summed E-state index contributed by atoms with van der Waals surface area (Å²) in [6.07, 6.45) is 5.36. The average molecular weight is 365 g/mol.